The quantitative estimate of drug-likeness (QED) is 0.0323. The maximum Gasteiger partial charge on any atom is 0.209 e. The van der Waals surface area contributed by atoms with E-state index in [1.165, 1.54) is 47.0 Å². The molecule has 16 rings (SSSR count). The van der Waals surface area contributed by atoms with Gasteiger partial charge < -0.3 is 4.74 Å². The zero-order valence-corrected chi connectivity index (χ0v) is 64.4. The number of carbonyl (C=O) groups excluding carboxylic acids is 4. The van der Waals surface area contributed by atoms with Crippen LogP contribution < -0.4 is 4.74 Å². The van der Waals surface area contributed by atoms with E-state index in [2.05, 4.69) is 106 Å². The Morgan fingerprint density at radius 3 is 1.16 bits per heavy atom. The number of fused-ring (bicyclic) bond motifs is 4. The second-order valence-electron chi connectivity index (χ2n) is 25.5. The zero-order valence-electron chi connectivity index (χ0n) is 60.4. The van der Waals surface area contributed by atoms with Crippen molar-refractivity contribution < 1.29 is 42.2 Å². The van der Waals surface area contributed by atoms with Crippen LogP contribution in [0.5, 0.6) is 5.75 Å². The fourth-order valence-corrected chi connectivity index (χ4v) is 16.1. The van der Waals surface area contributed by atoms with Gasteiger partial charge in [-0.25, -0.2) is 38.2 Å². The SMILES string of the molecule is CC1=[N+](C)c2ccccc2C1C(=O)CSc1n[nH]c(-c2ccccc2)n1.CC[N+]1=CC(C(=O)CSc2n[nH]c(-c3ccccc3)n2)c2ccccc21.COc1ccc(-c2nc(SCC(=O)C3C(C)=[N+](C)c4ccccc43)n[nH]2)cc1.N#CCC[N+]1=CC(C(=O)CSc2n[nH]c(-c3ccc(Cl)cc3)n2)c2ccccc21. The van der Waals surface area contributed by atoms with Crippen LogP contribution >= 0.6 is 58.6 Å². The Morgan fingerprint density at radius 2 is 0.771 bits per heavy atom. The lowest BCUT2D eigenvalue weighted by atomic mass is 9.93. The molecule has 8 heterocycles. The Hall–Kier alpha value is -11.3. The molecular weight excluding hydrogens is 1470 g/mol. The van der Waals surface area contributed by atoms with Gasteiger partial charge in [0, 0.05) is 87.6 Å². The highest BCUT2D eigenvalue weighted by molar-refractivity contribution is 8.00. The number of halogens is 1. The molecule has 0 spiro atoms. The monoisotopic (exact) mass is 1540 g/mol. The van der Waals surface area contributed by atoms with Crippen molar-refractivity contribution in [3.8, 4) is 57.4 Å². The molecule has 4 atom stereocenters. The van der Waals surface area contributed by atoms with E-state index in [4.69, 9.17) is 21.6 Å². The number of aromatic nitrogens is 12. The smallest absolute Gasteiger partial charge is 0.209 e. The third-order valence-corrected chi connectivity index (χ3v) is 22.6. The molecule has 4 aromatic heterocycles. The number of thioether (sulfide) groups is 4. The van der Waals surface area contributed by atoms with Crippen molar-refractivity contribution in [2.24, 2.45) is 0 Å². The number of carbonyl (C=O) groups is 4. The highest BCUT2D eigenvalue weighted by Gasteiger charge is 2.41. The molecule has 0 saturated heterocycles. The fraction of sp³-hybridized carbons (Fsp3) is 0.207. The van der Waals surface area contributed by atoms with E-state index in [9.17, 15) is 19.2 Å². The summed E-state index contributed by atoms with van der Waals surface area (Å²) in [7, 11) is 5.65. The van der Waals surface area contributed by atoms with Crippen LogP contribution in [0.1, 0.15) is 73.1 Å². The number of ketones is 4. The van der Waals surface area contributed by atoms with Gasteiger partial charge in [0.25, 0.3) is 0 Å². The molecule has 22 nitrogen and oxygen atoms in total. The Labute approximate surface area is 651 Å². The number of nitrogens with one attached hydrogen (secondary N) is 4. The highest BCUT2D eigenvalue weighted by Crippen LogP contribution is 2.39. The number of Topliss-reactive ketones (excluding diaryl/α,β-unsaturated/α-hetero) is 4. The summed E-state index contributed by atoms with van der Waals surface area (Å²) in [6.07, 6.45) is 4.36. The van der Waals surface area contributed by atoms with Crippen molar-refractivity contribution in [2.75, 3.05) is 57.3 Å². The largest absolute Gasteiger partial charge is 0.497 e. The third kappa shape index (κ3) is 17.8. The van der Waals surface area contributed by atoms with E-state index in [-0.39, 0.29) is 52.6 Å². The van der Waals surface area contributed by atoms with Crippen LogP contribution in [0.3, 0.4) is 0 Å². The zero-order chi connectivity index (χ0) is 75.9. The predicted octanol–water partition coefficient (Wildman–Crippen LogP) is 15.2. The predicted molar refractivity (Wildman–Crippen MR) is 429 cm³/mol. The van der Waals surface area contributed by atoms with Crippen LogP contribution in [0.4, 0.5) is 22.7 Å². The summed E-state index contributed by atoms with van der Waals surface area (Å²) in [5.74, 6) is 4.52. The lowest BCUT2D eigenvalue weighted by molar-refractivity contribution is -0.431. The number of H-pyrrole nitrogens is 4. The molecule has 546 valence electrons. The van der Waals surface area contributed by atoms with Gasteiger partial charge in [0.2, 0.25) is 43.4 Å². The molecule has 4 aliphatic rings. The number of benzene rings is 8. The van der Waals surface area contributed by atoms with Crippen molar-refractivity contribution in [1.82, 2.24) is 60.7 Å². The number of methoxy groups -OCH3 is 1. The minimum atomic E-state index is -0.313. The van der Waals surface area contributed by atoms with Crippen LogP contribution in [0.25, 0.3) is 45.6 Å². The Bertz CT molecular complexity index is 5480. The lowest BCUT2D eigenvalue weighted by Crippen LogP contribution is -2.21. The number of nitriles is 1. The number of hydrogen-bond acceptors (Lipinski definition) is 18. The average molecular weight is 1540 g/mol. The Kier molecular flexibility index (Phi) is 24.8. The van der Waals surface area contributed by atoms with Crippen molar-refractivity contribution in [1.29, 1.82) is 5.26 Å². The van der Waals surface area contributed by atoms with Crippen LogP contribution in [-0.2, 0) is 19.2 Å². The summed E-state index contributed by atoms with van der Waals surface area (Å²) < 4.78 is 13.5. The van der Waals surface area contributed by atoms with Crippen LogP contribution in [-0.4, -0.2) is 183 Å². The molecule has 4 unspecified atom stereocenters. The van der Waals surface area contributed by atoms with Gasteiger partial charge in [-0.1, -0.05) is 192 Å². The summed E-state index contributed by atoms with van der Waals surface area (Å²) in [6, 6.07) is 68.8. The van der Waals surface area contributed by atoms with E-state index in [1.54, 1.807) is 19.2 Å². The molecule has 12 aromatic rings. The van der Waals surface area contributed by atoms with Gasteiger partial charge in [-0.2, -0.15) is 5.26 Å². The minimum Gasteiger partial charge on any atom is -0.497 e. The van der Waals surface area contributed by atoms with Gasteiger partial charge in [-0.15, -0.1) is 20.4 Å². The van der Waals surface area contributed by atoms with Crippen LogP contribution in [0.2, 0.25) is 5.02 Å². The second-order valence-corrected chi connectivity index (χ2v) is 29.7. The molecule has 0 bridgehead atoms. The van der Waals surface area contributed by atoms with Crippen molar-refractivity contribution in [3.05, 3.63) is 234 Å². The van der Waals surface area contributed by atoms with Gasteiger partial charge in [0.1, 0.15) is 50.1 Å². The van der Waals surface area contributed by atoms with Gasteiger partial charge in [0.15, 0.2) is 76.8 Å². The first-order chi connectivity index (χ1) is 53.1. The van der Waals surface area contributed by atoms with Crippen molar-refractivity contribution >= 4 is 128 Å². The molecular formula is C82H76ClN17O5S4+4. The summed E-state index contributed by atoms with van der Waals surface area (Å²) in [4.78, 5) is 69.4. The van der Waals surface area contributed by atoms with Crippen LogP contribution in [0, 0.1) is 11.3 Å². The highest BCUT2D eigenvalue weighted by atomic mass is 35.5. The van der Waals surface area contributed by atoms with E-state index >= 15 is 0 Å². The Morgan fingerprint density at radius 1 is 0.440 bits per heavy atom. The van der Waals surface area contributed by atoms with Crippen molar-refractivity contribution in [3.63, 3.8) is 0 Å². The van der Waals surface area contributed by atoms with Crippen molar-refractivity contribution in [2.45, 2.75) is 71.5 Å². The van der Waals surface area contributed by atoms with Gasteiger partial charge in [-0.3, -0.25) is 39.6 Å². The first-order valence-electron chi connectivity index (χ1n) is 35.1. The summed E-state index contributed by atoms with van der Waals surface area (Å²) in [6.45, 7) is 7.56. The van der Waals surface area contributed by atoms with E-state index in [0.29, 0.717) is 73.3 Å². The number of rotatable bonds is 24. The number of ether oxygens (including phenoxy) is 1. The topological polar surface area (TPSA) is 280 Å². The van der Waals surface area contributed by atoms with Crippen LogP contribution in [0.15, 0.2) is 227 Å². The summed E-state index contributed by atoms with van der Waals surface area (Å²) in [5, 5.41) is 40.4. The first kappa shape index (κ1) is 75.9. The molecule has 27 heteroatoms. The van der Waals surface area contributed by atoms with E-state index in [1.807, 2.05) is 221 Å². The standard InChI is InChI=1S/C21H17ClN5OS.C21H21N4O2S.2C20H19N4OS/c22-15-8-6-14(7-9-15)20-24-21(26-25-20)29-13-19(28)17-12-27(11-3-10-23)18-5-2-1-4-16(17)18;1-13-19(16-6-4-5-7-17(16)25(13)2)18(26)12-28-21-22-20(23-24-21)14-8-10-15(27-3)11-9-14;1-13-18(15-10-6-7-11-16(15)24(13)2)17(25)12-26-20-21-19(22-23-20)14-8-4-3-5-9-14;1-2-24-12-16(15-10-6-7-11-17(15)24)18(25)13-26-20-21-19(22-23-20)14-8-4-3-5-9-14/h1-2,4-9,12,17H,3,11,13H2,(H,24,25,26);4-11,19H,12H2,1-3H3,(H,22,23,24);3-11,18H,12H2,1-2H3,(H,21,22,23);3-12,16H,2,13H2,1H3,(H,21,22,23)/q4*+1. The number of aromatic amines is 4. The van der Waals surface area contributed by atoms with E-state index < -0.39 is 0 Å². The molecule has 8 aromatic carbocycles. The number of para-hydroxylation sites is 4. The second kappa shape index (κ2) is 35.6. The van der Waals surface area contributed by atoms with Gasteiger partial charge >= 0.3 is 0 Å². The summed E-state index contributed by atoms with van der Waals surface area (Å²) >= 11 is 11.3. The molecule has 0 saturated carbocycles. The molecule has 4 N–H and O–H groups in total. The number of hydrogen-bond donors (Lipinski definition) is 4. The fourth-order valence-electron chi connectivity index (χ4n) is 13.2. The molecule has 109 heavy (non-hydrogen) atoms. The Balaban J connectivity index is 0.000000128. The molecule has 0 fully saturated rings. The third-order valence-electron chi connectivity index (χ3n) is 18.9. The maximum atomic E-state index is 12.9. The molecule has 0 radical (unpaired) electrons. The molecule has 0 aliphatic carbocycles. The molecule has 0 amide bonds. The summed E-state index contributed by atoms with van der Waals surface area (Å²) in [5.41, 5.74) is 14.4. The number of nitrogens with zero attached hydrogens (tertiary/aromatic N) is 13. The van der Waals surface area contributed by atoms with Gasteiger partial charge in [-0.05, 0) is 55.5 Å². The molecule has 4 aliphatic heterocycles. The normalized spacial score (nSPS) is 15.5. The minimum absolute atomic E-state index is 0.0831. The average Bonchev–Trinajstić information content (AvgIpc) is 1.63. The van der Waals surface area contributed by atoms with Gasteiger partial charge in [0.05, 0.1) is 42.6 Å². The lowest BCUT2D eigenvalue weighted by Gasteiger charge is -2.06. The first-order valence-corrected chi connectivity index (χ1v) is 39.4. The van der Waals surface area contributed by atoms with E-state index in [0.717, 1.165) is 96.8 Å². The maximum absolute atomic E-state index is 12.9.